The molecule has 0 radical (unpaired) electrons. The second-order valence-electron chi connectivity index (χ2n) is 4.13. The third-order valence-corrected chi connectivity index (χ3v) is 2.77. The van der Waals surface area contributed by atoms with Crippen LogP contribution >= 0.6 is 0 Å². The first kappa shape index (κ1) is 14.2. The first-order chi connectivity index (χ1) is 10.1. The Hall–Kier alpha value is -3.24. The highest BCUT2D eigenvalue weighted by atomic mass is 16.6. The van der Waals surface area contributed by atoms with Crippen molar-refractivity contribution in [1.82, 2.24) is 0 Å². The van der Waals surface area contributed by atoms with Gasteiger partial charge in [0.1, 0.15) is 0 Å². The van der Waals surface area contributed by atoms with Crippen molar-refractivity contribution in [1.29, 1.82) is 5.41 Å². The lowest BCUT2D eigenvalue weighted by Crippen LogP contribution is -2.20. The number of hydrogen-bond donors (Lipinski definition) is 2. The van der Waals surface area contributed by atoms with Crippen molar-refractivity contribution < 1.29 is 9.72 Å². The summed E-state index contributed by atoms with van der Waals surface area (Å²) in [4.78, 5) is 21.2. The monoisotopic (exact) mass is 281 g/mol. The zero-order valence-electron chi connectivity index (χ0n) is 10.9. The molecular weight excluding hydrogens is 270 g/mol. The van der Waals surface area contributed by atoms with Crippen LogP contribution in [0.4, 0.5) is 5.69 Å². The minimum Gasteiger partial charge on any atom is -0.316 e. The molecule has 2 aromatic carbocycles. The van der Waals surface area contributed by atoms with Crippen molar-refractivity contribution in [3.05, 3.63) is 70.4 Å². The predicted octanol–water partition coefficient (Wildman–Crippen LogP) is 2.70. The maximum atomic E-state index is 11.6. The van der Waals surface area contributed by atoms with Gasteiger partial charge < -0.3 is 5.32 Å². The van der Waals surface area contributed by atoms with Crippen molar-refractivity contribution in [2.24, 2.45) is 0 Å². The first-order valence-corrected chi connectivity index (χ1v) is 6.02. The van der Waals surface area contributed by atoms with Gasteiger partial charge in [-0.05, 0) is 23.3 Å². The number of hydrogen-bond acceptors (Lipinski definition) is 4. The van der Waals surface area contributed by atoms with Crippen molar-refractivity contribution in [3.8, 4) is 11.1 Å². The summed E-state index contributed by atoms with van der Waals surface area (Å²) < 4.78 is 0. The van der Waals surface area contributed by atoms with Crippen LogP contribution in [0.15, 0.2) is 60.3 Å². The Kier molecular flexibility index (Phi) is 4.23. The van der Waals surface area contributed by atoms with Gasteiger partial charge in [-0.15, -0.1) is 0 Å². The normalized spacial score (nSPS) is 9.52. The molecular formula is C15H11N3O3. The molecule has 0 spiro atoms. The maximum absolute atomic E-state index is 11.6. The van der Waals surface area contributed by atoms with Crippen molar-refractivity contribution in [2.45, 2.75) is 0 Å². The zero-order valence-corrected chi connectivity index (χ0v) is 10.9. The van der Waals surface area contributed by atoms with Gasteiger partial charge >= 0.3 is 11.6 Å². The van der Waals surface area contributed by atoms with Gasteiger partial charge in [0, 0.05) is 5.69 Å². The van der Waals surface area contributed by atoms with E-state index >= 15 is 0 Å². The van der Waals surface area contributed by atoms with Gasteiger partial charge in [0.05, 0.1) is 10.8 Å². The number of nitro groups is 1. The van der Waals surface area contributed by atoms with Gasteiger partial charge in [0.2, 0.25) is 0 Å². The molecule has 2 N–H and O–H groups in total. The van der Waals surface area contributed by atoms with E-state index in [0.717, 1.165) is 11.1 Å². The number of benzene rings is 2. The van der Waals surface area contributed by atoms with Gasteiger partial charge in [0.25, 0.3) is 0 Å². The van der Waals surface area contributed by atoms with E-state index in [1.54, 1.807) is 24.3 Å². The topological polar surface area (TPSA) is 96.1 Å². The Bertz CT molecular complexity index is 718. The van der Waals surface area contributed by atoms with Crippen molar-refractivity contribution in [2.75, 3.05) is 5.32 Å². The van der Waals surface area contributed by atoms with Gasteiger partial charge in [-0.2, -0.15) is 0 Å². The minimum absolute atomic E-state index is 0.411. The highest BCUT2D eigenvalue weighted by molar-refractivity contribution is 6.07. The number of carbonyl (C=O) groups excluding carboxylic acids is 1. The van der Waals surface area contributed by atoms with Crippen LogP contribution in [0.5, 0.6) is 0 Å². The number of nitrogens with one attached hydrogen (secondary N) is 2. The number of nitrogens with zero attached hydrogens (tertiary/aromatic N) is 1. The predicted molar refractivity (Wildman–Crippen MR) is 78.7 cm³/mol. The molecule has 0 heterocycles. The quantitative estimate of drug-likeness (QED) is 0.390. The summed E-state index contributed by atoms with van der Waals surface area (Å²) in [5.41, 5.74) is 1.47. The summed E-state index contributed by atoms with van der Waals surface area (Å²) in [7, 11) is 0. The van der Waals surface area contributed by atoms with E-state index in [0.29, 0.717) is 5.69 Å². The fourth-order valence-electron chi connectivity index (χ4n) is 1.75. The smallest absolute Gasteiger partial charge is 0.316 e. The molecule has 21 heavy (non-hydrogen) atoms. The van der Waals surface area contributed by atoms with Crippen LogP contribution < -0.4 is 5.32 Å². The molecule has 0 saturated carbocycles. The third-order valence-electron chi connectivity index (χ3n) is 2.77. The lowest BCUT2D eigenvalue weighted by molar-refractivity contribution is -0.415. The fourth-order valence-corrected chi connectivity index (χ4v) is 1.75. The Morgan fingerprint density at radius 3 is 2.14 bits per heavy atom. The van der Waals surface area contributed by atoms with E-state index in [1.807, 2.05) is 30.3 Å². The van der Waals surface area contributed by atoms with Crippen LogP contribution in [0.25, 0.3) is 11.1 Å². The summed E-state index contributed by atoms with van der Waals surface area (Å²) in [5.74, 6) is 0.544. The molecule has 0 saturated heterocycles. The Balaban J connectivity index is 2.15. The molecule has 2 aromatic rings. The van der Waals surface area contributed by atoms with Crippen LogP contribution in [0.1, 0.15) is 0 Å². The Morgan fingerprint density at radius 1 is 1.05 bits per heavy atom. The molecule has 0 aromatic heterocycles. The number of rotatable bonds is 4. The first-order valence-electron chi connectivity index (χ1n) is 6.02. The molecule has 0 fully saturated rings. The van der Waals surface area contributed by atoms with E-state index in [4.69, 9.17) is 5.41 Å². The number of amides is 1. The van der Waals surface area contributed by atoms with Crippen LogP contribution in [0, 0.1) is 15.5 Å². The molecule has 0 aliphatic rings. The molecule has 0 unspecified atom stereocenters. The molecule has 104 valence electrons. The molecule has 0 bridgehead atoms. The molecule has 6 heteroatoms. The van der Waals surface area contributed by atoms with Gasteiger partial charge in [-0.3, -0.25) is 20.3 Å². The van der Waals surface area contributed by atoms with Gasteiger partial charge in [-0.1, -0.05) is 42.5 Å². The van der Waals surface area contributed by atoms with Crippen LogP contribution in [-0.2, 0) is 4.79 Å². The highest BCUT2D eigenvalue weighted by Crippen LogP contribution is 2.21. The van der Waals surface area contributed by atoms with E-state index in [1.165, 1.54) is 5.87 Å². The second-order valence-corrected chi connectivity index (χ2v) is 4.13. The van der Waals surface area contributed by atoms with E-state index < -0.39 is 16.5 Å². The summed E-state index contributed by atoms with van der Waals surface area (Å²) in [6, 6.07) is 16.5. The third kappa shape index (κ3) is 3.40. The number of carbonyl (C=O) groups is 1. The maximum Gasteiger partial charge on any atom is 0.394 e. The summed E-state index contributed by atoms with van der Waals surface area (Å²) in [6.45, 7) is 0. The highest BCUT2D eigenvalue weighted by Gasteiger charge is 2.21. The Morgan fingerprint density at radius 2 is 1.62 bits per heavy atom. The number of anilines is 1. The van der Waals surface area contributed by atoms with Crippen LogP contribution in [-0.4, -0.2) is 16.7 Å². The summed E-state index contributed by atoms with van der Waals surface area (Å²) in [5, 5.41) is 19.6. The molecule has 0 aliphatic heterocycles. The SMILES string of the molecule is N=C=C(C(=O)Nc1ccc(-c2ccccc2)cc1)[N+](=O)[O-]. The Labute approximate surface area is 120 Å². The largest absolute Gasteiger partial charge is 0.394 e. The average molecular weight is 281 g/mol. The molecule has 6 nitrogen and oxygen atoms in total. The second kappa shape index (κ2) is 6.27. The van der Waals surface area contributed by atoms with Crippen molar-refractivity contribution in [3.63, 3.8) is 0 Å². The van der Waals surface area contributed by atoms with Gasteiger partial charge in [0.15, 0.2) is 0 Å². The van der Waals surface area contributed by atoms with E-state index in [9.17, 15) is 14.9 Å². The van der Waals surface area contributed by atoms with Crippen LogP contribution in [0.2, 0.25) is 0 Å². The standard InChI is InChI=1S/C15H11N3O3/c16-10-14(18(20)21)15(19)17-13-8-6-12(7-9-13)11-4-2-1-3-5-11/h1-9,16H,(H,17,19). The average Bonchev–Trinajstić information content (AvgIpc) is 2.49. The van der Waals surface area contributed by atoms with Crippen LogP contribution in [0.3, 0.4) is 0 Å². The van der Waals surface area contributed by atoms with Gasteiger partial charge in [-0.25, -0.2) is 0 Å². The summed E-state index contributed by atoms with van der Waals surface area (Å²) in [6.07, 6.45) is 0. The lowest BCUT2D eigenvalue weighted by Gasteiger charge is -2.05. The molecule has 0 aliphatic carbocycles. The zero-order chi connectivity index (χ0) is 15.2. The molecule has 2 rings (SSSR count). The van der Waals surface area contributed by atoms with E-state index in [2.05, 4.69) is 5.32 Å². The summed E-state index contributed by atoms with van der Waals surface area (Å²) >= 11 is 0. The van der Waals surface area contributed by atoms with Crippen molar-refractivity contribution >= 4 is 17.5 Å². The lowest BCUT2D eigenvalue weighted by atomic mass is 10.1. The fraction of sp³-hybridized carbons (Fsp3) is 0. The molecule has 1 amide bonds. The minimum atomic E-state index is -0.970. The van der Waals surface area contributed by atoms with E-state index in [-0.39, 0.29) is 0 Å². The molecule has 0 atom stereocenters.